The smallest absolute Gasteiger partial charge is 0.223 e. The quantitative estimate of drug-likeness (QED) is 0.865. The second-order valence-electron chi connectivity index (χ2n) is 5.88. The van der Waals surface area contributed by atoms with Gasteiger partial charge in [0.25, 0.3) is 0 Å². The molecule has 2 heterocycles. The molecule has 0 aliphatic carbocycles. The number of aryl methyl sites for hydroxylation is 1. The van der Waals surface area contributed by atoms with Crippen LogP contribution in [0.3, 0.4) is 0 Å². The summed E-state index contributed by atoms with van der Waals surface area (Å²) in [6.07, 6.45) is 4.41. The van der Waals surface area contributed by atoms with Gasteiger partial charge in [0, 0.05) is 44.6 Å². The van der Waals surface area contributed by atoms with Crippen LogP contribution < -0.4 is 5.32 Å². The van der Waals surface area contributed by atoms with Crippen LogP contribution in [0.2, 0.25) is 0 Å². The van der Waals surface area contributed by atoms with Crippen LogP contribution >= 0.6 is 0 Å². The Kier molecular flexibility index (Phi) is 5.16. The number of rotatable bonds is 6. The van der Waals surface area contributed by atoms with Crippen molar-refractivity contribution in [3.63, 3.8) is 0 Å². The van der Waals surface area contributed by atoms with Crippen molar-refractivity contribution in [3.05, 3.63) is 11.7 Å². The van der Waals surface area contributed by atoms with Crippen molar-refractivity contribution < 1.29 is 4.52 Å². The third-order valence-electron chi connectivity index (χ3n) is 4.75. The molecule has 0 spiro atoms. The lowest BCUT2D eigenvalue weighted by atomic mass is 9.88. The lowest BCUT2D eigenvalue weighted by Crippen LogP contribution is -2.63. The zero-order valence-corrected chi connectivity index (χ0v) is 13.3. The van der Waals surface area contributed by atoms with Crippen LogP contribution in [-0.4, -0.2) is 46.3 Å². The van der Waals surface area contributed by atoms with Crippen LogP contribution in [0.5, 0.6) is 0 Å². The monoisotopic (exact) mass is 280 g/mol. The van der Waals surface area contributed by atoms with E-state index in [0.717, 1.165) is 31.9 Å². The third kappa shape index (κ3) is 3.38. The Labute approximate surface area is 122 Å². The van der Waals surface area contributed by atoms with Gasteiger partial charge in [-0.2, -0.15) is 4.98 Å². The standard InChI is InChI=1S/C15H28N4O/c1-5-13-10-16-15(6-2,7-3)11-19(13)9-8-14-17-12(4)20-18-14/h13,16H,5-11H2,1-4H3. The largest absolute Gasteiger partial charge is 0.340 e. The maximum Gasteiger partial charge on any atom is 0.223 e. The summed E-state index contributed by atoms with van der Waals surface area (Å²) in [5.41, 5.74) is 0.277. The Bertz CT molecular complexity index is 414. The summed E-state index contributed by atoms with van der Waals surface area (Å²) in [5, 5.41) is 7.77. The molecule has 0 saturated carbocycles. The number of nitrogens with zero attached hydrogens (tertiary/aromatic N) is 3. The number of hydrogen-bond donors (Lipinski definition) is 1. The van der Waals surface area contributed by atoms with Crippen LogP contribution in [-0.2, 0) is 6.42 Å². The van der Waals surface area contributed by atoms with Gasteiger partial charge in [-0.1, -0.05) is 25.9 Å². The molecule has 0 amide bonds. The normalized spacial score (nSPS) is 23.1. The van der Waals surface area contributed by atoms with E-state index in [9.17, 15) is 0 Å². The average Bonchev–Trinajstić information content (AvgIpc) is 2.90. The molecular weight excluding hydrogens is 252 g/mol. The van der Waals surface area contributed by atoms with Crippen molar-refractivity contribution in [1.82, 2.24) is 20.4 Å². The molecule has 1 atom stereocenters. The van der Waals surface area contributed by atoms with Crippen LogP contribution in [0.4, 0.5) is 0 Å². The van der Waals surface area contributed by atoms with E-state index in [1.54, 1.807) is 0 Å². The van der Waals surface area contributed by atoms with Gasteiger partial charge < -0.3 is 9.84 Å². The summed E-state index contributed by atoms with van der Waals surface area (Å²) < 4.78 is 5.05. The molecule has 0 aromatic carbocycles. The second kappa shape index (κ2) is 6.68. The lowest BCUT2D eigenvalue weighted by Gasteiger charge is -2.47. The van der Waals surface area contributed by atoms with E-state index in [1.165, 1.54) is 19.3 Å². The number of hydrogen-bond acceptors (Lipinski definition) is 5. The van der Waals surface area contributed by atoms with Gasteiger partial charge in [0.2, 0.25) is 5.89 Å². The van der Waals surface area contributed by atoms with Gasteiger partial charge >= 0.3 is 0 Å². The van der Waals surface area contributed by atoms with Crippen LogP contribution in [0.25, 0.3) is 0 Å². The Morgan fingerprint density at radius 3 is 2.65 bits per heavy atom. The van der Waals surface area contributed by atoms with E-state index in [1.807, 2.05) is 6.92 Å². The predicted octanol–water partition coefficient (Wildman–Crippen LogP) is 2.16. The highest BCUT2D eigenvalue weighted by Gasteiger charge is 2.35. The molecule has 1 aromatic rings. The summed E-state index contributed by atoms with van der Waals surface area (Å²) in [5.74, 6) is 1.48. The second-order valence-corrected chi connectivity index (χ2v) is 5.88. The molecule has 20 heavy (non-hydrogen) atoms. The maximum absolute atomic E-state index is 5.05. The van der Waals surface area contributed by atoms with Crippen molar-refractivity contribution >= 4 is 0 Å². The SMILES string of the molecule is CCC1CNC(CC)(CC)CN1CCc1noc(C)n1. The first-order valence-electron chi connectivity index (χ1n) is 7.90. The third-order valence-corrected chi connectivity index (χ3v) is 4.75. The van der Waals surface area contributed by atoms with Crippen LogP contribution in [0.1, 0.15) is 51.7 Å². The fraction of sp³-hybridized carbons (Fsp3) is 0.867. The molecule has 1 aromatic heterocycles. The van der Waals surface area contributed by atoms with Gasteiger partial charge in [0.15, 0.2) is 5.82 Å². The van der Waals surface area contributed by atoms with E-state index >= 15 is 0 Å². The van der Waals surface area contributed by atoms with Gasteiger partial charge in [0.05, 0.1) is 0 Å². The van der Waals surface area contributed by atoms with E-state index < -0.39 is 0 Å². The van der Waals surface area contributed by atoms with Gasteiger partial charge in [0.1, 0.15) is 0 Å². The van der Waals surface area contributed by atoms with Crippen molar-refractivity contribution in [2.24, 2.45) is 0 Å². The van der Waals surface area contributed by atoms with Crippen LogP contribution in [0.15, 0.2) is 4.52 Å². The topological polar surface area (TPSA) is 54.2 Å². The first-order chi connectivity index (χ1) is 9.62. The zero-order chi connectivity index (χ0) is 14.6. The molecule has 0 radical (unpaired) electrons. The Balaban J connectivity index is 1.98. The molecule has 114 valence electrons. The number of aromatic nitrogens is 2. The molecule has 1 fully saturated rings. The van der Waals surface area contributed by atoms with Gasteiger partial charge in [-0.25, -0.2) is 0 Å². The minimum atomic E-state index is 0.277. The molecule has 1 N–H and O–H groups in total. The van der Waals surface area contributed by atoms with Crippen molar-refractivity contribution in [1.29, 1.82) is 0 Å². The van der Waals surface area contributed by atoms with Crippen molar-refractivity contribution in [2.45, 2.75) is 65.0 Å². The highest BCUT2D eigenvalue weighted by atomic mass is 16.5. The molecule has 1 aliphatic heterocycles. The predicted molar refractivity (Wildman–Crippen MR) is 79.7 cm³/mol. The van der Waals surface area contributed by atoms with Gasteiger partial charge in [-0.05, 0) is 19.3 Å². The fourth-order valence-corrected chi connectivity index (χ4v) is 3.11. The number of piperazine rings is 1. The summed E-state index contributed by atoms with van der Waals surface area (Å²) in [6.45, 7) is 11.9. The first-order valence-corrected chi connectivity index (χ1v) is 7.90. The molecule has 0 bridgehead atoms. The summed E-state index contributed by atoms with van der Waals surface area (Å²) in [6, 6.07) is 0.620. The number of nitrogens with one attached hydrogen (secondary N) is 1. The summed E-state index contributed by atoms with van der Waals surface area (Å²) >= 11 is 0. The molecule has 2 rings (SSSR count). The maximum atomic E-state index is 5.05. The van der Waals surface area contributed by atoms with Crippen LogP contribution in [0, 0.1) is 6.92 Å². The van der Waals surface area contributed by atoms with E-state index in [2.05, 4.69) is 41.1 Å². The molecular formula is C15H28N4O. The Morgan fingerprint density at radius 2 is 2.10 bits per heavy atom. The molecule has 5 heteroatoms. The molecule has 5 nitrogen and oxygen atoms in total. The fourth-order valence-electron chi connectivity index (χ4n) is 3.11. The minimum Gasteiger partial charge on any atom is -0.340 e. The summed E-state index contributed by atoms with van der Waals surface area (Å²) in [7, 11) is 0. The minimum absolute atomic E-state index is 0.277. The highest BCUT2D eigenvalue weighted by molar-refractivity contribution is 4.97. The first kappa shape index (κ1) is 15.4. The van der Waals surface area contributed by atoms with Crippen molar-refractivity contribution in [3.8, 4) is 0 Å². The lowest BCUT2D eigenvalue weighted by molar-refractivity contribution is 0.0710. The van der Waals surface area contributed by atoms with E-state index in [0.29, 0.717) is 11.9 Å². The highest BCUT2D eigenvalue weighted by Crippen LogP contribution is 2.23. The Morgan fingerprint density at radius 1 is 1.35 bits per heavy atom. The van der Waals surface area contributed by atoms with Gasteiger partial charge in [-0.15, -0.1) is 0 Å². The molecule has 1 aliphatic rings. The summed E-state index contributed by atoms with van der Waals surface area (Å²) in [4.78, 5) is 6.91. The van der Waals surface area contributed by atoms with Crippen molar-refractivity contribution in [2.75, 3.05) is 19.6 Å². The van der Waals surface area contributed by atoms with E-state index in [4.69, 9.17) is 4.52 Å². The average molecular weight is 280 g/mol. The van der Waals surface area contributed by atoms with E-state index in [-0.39, 0.29) is 5.54 Å². The molecule has 1 saturated heterocycles. The van der Waals surface area contributed by atoms with Gasteiger partial charge in [-0.3, -0.25) is 4.90 Å². The molecule has 1 unspecified atom stereocenters. The zero-order valence-electron chi connectivity index (χ0n) is 13.3. The Hall–Kier alpha value is -0.940.